The predicted octanol–water partition coefficient (Wildman–Crippen LogP) is 3.08. The molecule has 2 unspecified atom stereocenters. The first kappa shape index (κ1) is 15.5. The van der Waals surface area contributed by atoms with E-state index >= 15 is 0 Å². The topological polar surface area (TPSA) is 70.9 Å². The molecule has 4 N–H and O–H groups in total. The maximum atomic E-state index is 11.7. The summed E-state index contributed by atoms with van der Waals surface area (Å²) in [5.74, 6) is 0.0377. The SMILES string of the molecule is CCC[C@@H](C)c1ccc2[nH]cc3c2c1C1=CC(C(N)=O)CNC1C3. The van der Waals surface area contributed by atoms with Crippen LogP contribution in [-0.4, -0.2) is 23.5 Å². The summed E-state index contributed by atoms with van der Waals surface area (Å²) >= 11 is 0. The predicted molar refractivity (Wildman–Crippen MR) is 97.8 cm³/mol. The fourth-order valence-electron chi connectivity index (χ4n) is 4.39. The van der Waals surface area contributed by atoms with Crippen molar-refractivity contribution in [3.05, 3.63) is 41.1 Å². The largest absolute Gasteiger partial charge is 0.369 e. The number of rotatable bonds is 4. The van der Waals surface area contributed by atoms with Crippen molar-refractivity contribution < 1.29 is 4.79 Å². The Hall–Kier alpha value is -2.07. The van der Waals surface area contributed by atoms with Gasteiger partial charge in [0.05, 0.1) is 5.92 Å². The van der Waals surface area contributed by atoms with Crippen molar-refractivity contribution in [2.45, 2.75) is 45.1 Å². The second-order valence-electron chi connectivity index (χ2n) is 7.25. The van der Waals surface area contributed by atoms with Gasteiger partial charge < -0.3 is 16.0 Å². The van der Waals surface area contributed by atoms with E-state index < -0.39 is 0 Å². The van der Waals surface area contributed by atoms with Crippen molar-refractivity contribution in [2.24, 2.45) is 11.7 Å². The van der Waals surface area contributed by atoms with E-state index in [1.807, 2.05) is 0 Å². The van der Waals surface area contributed by atoms with Crippen LogP contribution in [0.15, 0.2) is 24.4 Å². The van der Waals surface area contributed by atoms with Crippen LogP contribution in [0.3, 0.4) is 0 Å². The highest BCUT2D eigenvalue weighted by molar-refractivity contribution is 6.00. The first-order valence-electron chi connectivity index (χ1n) is 8.97. The van der Waals surface area contributed by atoms with Gasteiger partial charge in [-0.05, 0) is 47.1 Å². The molecule has 1 aromatic heterocycles. The average molecular weight is 323 g/mol. The molecule has 1 aliphatic carbocycles. The molecule has 0 spiro atoms. The van der Waals surface area contributed by atoms with E-state index in [4.69, 9.17) is 5.73 Å². The Morgan fingerprint density at radius 2 is 2.25 bits per heavy atom. The number of primary amides is 1. The Morgan fingerprint density at radius 1 is 1.42 bits per heavy atom. The zero-order valence-electron chi connectivity index (χ0n) is 14.4. The van der Waals surface area contributed by atoms with Gasteiger partial charge in [-0.2, -0.15) is 0 Å². The number of hydrogen-bond donors (Lipinski definition) is 3. The standard InChI is InChI=1S/C20H25N3O/c1-3-4-11(2)14-5-6-16-18-12(9-22-16)8-17-15(19(14)18)7-13(10-23-17)20(21)24/h5-7,9,11,13,17,22-23H,3-4,8,10H2,1-2H3,(H2,21,24)/t11-,13?,17?/m1/s1. The second-order valence-corrected chi connectivity index (χ2v) is 7.25. The van der Waals surface area contributed by atoms with Crippen LogP contribution >= 0.6 is 0 Å². The highest BCUT2D eigenvalue weighted by Gasteiger charge is 2.33. The molecule has 0 saturated heterocycles. The third-order valence-electron chi connectivity index (χ3n) is 5.63. The molecule has 126 valence electrons. The minimum absolute atomic E-state index is 0.221. The number of benzene rings is 1. The van der Waals surface area contributed by atoms with Gasteiger partial charge in [-0.1, -0.05) is 32.4 Å². The zero-order valence-corrected chi connectivity index (χ0v) is 14.4. The molecule has 0 fully saturated rings. The number of fused-ring (bicyclic) bond motifs is 2. The summed E-state index contributed by atoms with van der Waals surface area (Å²) in [6, 6.07) is 4.74. The Bertz CT molecular complexity index is 833. The molecule has 24 heavy (non-hydrogen) atoms. The lowest BCUT2D eigenvalue weighted by atomic mass is 9.76. The van der Waals surface area contributed by atoms with Crippen LogP contribution in [0.2, 0.25) is 0 Å². The van der Waals surface area contributed by atoms with Crippen molar-refractivity contribution >= 4 is 22.4 Å². The summed E-state index contributed by atoms with van der Waals surface area (Å²) in [6.07, 6.45) is 7.57. The highest BCUT2D eigenvalue weighted by Crippen LogP contribution is 2.43. The monoisotopic (exact) mass is 323 g/mol. The molecule has 0 saturated carbocycles. The lowest BCUT2D eigenvalue weighted by Crippen LogP contribution is -2.44. The van der Waals surface area contributed by atoms with Crippen molar-refractivity contribution in [3.8, 4) is 0 Å². The van der Waals surface area contributed by atoms with E-state index in [9.17, 15) is 4.79 Å². The van der Waals surface area contributed by atoms with E-state index in [0.29, 0.717) is 12.5 Å². The number of nitrogens with two attached hydrogens (primary N) is 1. The van der Waals surface area contributed by atoms with Crippen LogP contribution in [0.1, 0.15) is 49.3 Å². The summed E-state index contributed by atoms with van der Waals surface area (Å²) in [5.41, 5.74) is 12.1. The lowest BCUT2D eigenvalue weighted by Gasteiger charge is -2.34. The normalized spacial score (nSPS) is 23.7. The second kappa shape index (κ2) is 5.78. The fourth-order valence-corrected chi connectivity index (χ4v) is 4.39. The van der Waals surface area contributed by atoms with E-state index in [0.717, 1.165) is 6.42 Å². The van der Waals surface area contributed by atoms with Crippen LogP contribution < -0.4 is 11.1 Å². The molecule has 4 heteroatoms. The Labute approximate surface area is 142 Å². The molecule has 2 heterocycles. The van der Waals surface area contributed by atoms with Gasteiger partial charge >= 0.3 is 0 Å². The third kappa shape index (κ3) is 2.28. The number of H-pyrrole nitrogens is 1. The molecule has 1 aromatic carbocycles. The summed E-state index contributed by atoms with van der Waals surface area (Å²) in [4.78, 5) is 15.1. The molecular weight excluding hydrogens is 298 g/mol. The van der Waals surface area contributed by atoms with Gasteiger partial charge in [0.15, 0.2) is 0 Å². The van der Waals surface area contributed by atoms with Gasteiger partial charge in [0.2, 0.25) is 5.91 Å². The Balaban J connectivity index is 1.95. The molecule has 1 amide bonds. The number of aromatic amines is 1. The molecule has 1 aliphatic heterocycles. The number of carbonyl (C=O) groups excluding carboxylic acids is 1. The van der Waals surface area contributed by atoms with Crippen LogP contribution in [0.25, 0.3) is 16.5 Å². The molecule has 0 bridgehead atoms. The summed E-state index contributed by atoms with van der Waals surface area (Å²) in [7, 11) is 0. The third-order valence-corrected chi connectivity index (χ3v) is 5.63. The zero-order chi connectivity index (χ0) is 16.8. The number of carbonyl (C=O) groups is 1. The summed E-state index contributed by atoms with van der Waals surface area (Å²) < 4.78 is 0. The molecular formula is C20H25N3O. The van der Waals surface area contributed by atoms with E-state index in [1.54, 1.807) is 0 Å². The Kier molecular flexibility index (Phi) is 3.72. The summed E-state index contributed by atoms with van der Waals surface area (Å²) in [5, 5.41) is 4.88. The molecule has 4 rings (SSSR count). The van der Waals surface area contributed by atoms with Crippen molar-refractivity contribution in [3.63, 3.8) is 0 Å². The minimum Gasteiger partial charge on any atom is -0.369 e. The van der Waals surface area contributed by atoms with Gasteiger partial charge in [-0.15, -0.1) is 0 Å². The fraction of sp³-hybridized carbons (Fsp3) is 0.450. The van der Waals surface area contributed by atoms with Crippen molar-refractivity contribution in [1.82, 2.24) is 10.3 Å². The number of amides is 1. The number of aromatic nitrogens is 1. The lowest BCUT2D eigenvalue weighted by molar-refractivity contribution is -0.120. The van der Waals surface area contributed by atoms with Crippen LogP contribution in [0, 0.1) is 5.92 Å². The smallest absolute Gasteiger partial charge is 0.225 e. The number of nitrogens with one attached hydrogen (secondary N) is 2. The maximum absolute atomic E-state index is 11.7. The highest BCUT2D eigenvalue weighted by atomic mass is 16.1. The first-order valence-corrected chi connectivity index (χ1v) is 8.97. The van der Waals surface area contributed by atoms with Crippen LogP contribution in [0.5, 0.6) is 0 Å². The van der Waals surface area contributed by atoms with Gasteiger partial charge in [0.1, 0.15) is 0 Å². The first-order chi connectivity index (χ1) is 11.6. The maximum Gasteiger partial charge on any atom is 0.225 e. The van der Waals surface area contributed by atoms with Crippen molar-refractivity contribution in [1.29, 1.82) is 0 Å². The summed E-state index contributed by atoms with van der Waals surface area (Å²) in [6.45, 7) is 5.17. The van der Waals surface area contributed by atoms with Crippen LogP contribution in [-0.2, 0) is 11.2 Å². The van der Waals surface area contributed by atoms with Gasteiger partial charge in [-0.25, -0.2) is 0 Å². The van der Waals surface area contributed by atoms with E-state index in [1.165, 1.54) is 46.0 Å². The molecule has 2 aliphatic rings. The van der Waals surface area contributed by atoms with Gasteiger partial charge in [0, 0.05) is 29.7 Å². The van der Waals surface area contributed by atoms with E-state index in [-0.39, 0.29) is 17.9 Å². The van der Waals surface area contributed by atoms with Crippen molar-refractivity contribution in [2.75, 3.05) is 6.54 Å². The average Bonchev–Trinajstić information content (AvgIpc) is 2.98. The minimum atomic E-state index is -0.247. The Morgan fingerprint density at radius 3 is 3.00 bits per heavy atom. The van der Waals surface area contributed by atoms with Gasteiger partial charge in [0.25, 0.3) is 0 Å². The molecule has 2 aromatic rings. The van der Waals surface area contributed by atoms with E-state index in [2.05, 4.69) is 48.6 Å². The molecule has 0 radical (unpaired) electrons. The van der Waals surface area contributed by atoms with Gasteiger partial charge in [-0.3, -0.25) is 4.79 Å². The molecule has 3 atom stereocenters. The van der Waals surface area contributed by atoms with Crippen LogP contribution in [0.4, 0.5) is 0 Å². The quantitative estimate of drug-likeness (QED) is 0.809. The molecule has 4 nitrogen and oxygen atoms in total. The number of hydrogen-bond acceptors (Lipinski definition) is 2.